The van der Waals surface area contributed by atoms with E-state index in [2.05, 4.69) is 19.9 Å². The molecule has 1 unspecified atom stereocenters. The standard InChI is InChI=1S/C22H32O3/c1-3-4-10-22(25)13-19-18-7-5-14-12-15(23)6-8-16(14)17(18)9-11-21(19,2)20(22)24/h6,8,12,17-20,23-25H,3-5,7,9-11,13H2,1-2H3/t17-,18-,19+,20+,21+,22?/m1/s1. The highest BCUT2D eigenvalue weighted by atomic mass is 16.3. The molecule has 138 valence electrons. The van der Waals surface area contributed by atoms with E-state index in [-0.39, 0.29) is 5.41 Å². The van der Waals surface area contributed by atoms with Crippen LogP contribution in [0.15, 0.2) is 18.2 Å². The lowest BCUT2D eigenvalue weighted by Gasteiger charge is -2.50. The van der Waals surface area contributed by atoms with Gasteiger partial charge in [-0.25, -0.2) is 0 Å². The van der Waals surface area contributed by atoms with Crippen molar-refractivity contribution >= 4 is 0 Å². The Labute approximate surface area is 151 Å². The lowest BCUT2D eigenvalue weighted by Crippen LogP contribution is -2.47. The van der Waals surface area contributed by atoms with Gasteiger partial charge in [-0.2, -0.15) is 0 Å². The van der Waals surface area contributed by atoms with Crippen molar-refractivity contribution in [2.75, 3.05) is 0 Å². The maximum Gasteiger partial charge on any atom is 0.115 e. The lowest BCUT2D eigenvalue weighted by atomic mass is 9.55. The van der Waals surface area contributed by atoms with Gasteiger partial charge in [0.1, 0.15) is 5.75 Å². The number of hydrogen-bond donors (Lipinski definition) is 3. The van der Waals surface area contributed by atoms with Gasteiger partial charge in [0.2, 0.25) is 0 Å². The number of aryl methyl sites for hydroxylation is 1. The van der Waals surface area contributed by atoms with Crippen LogP contribution in [0.25, 0.3) is 0 Å². The predicted octanol–water partition coefficient (Wildman–Crippen LogP) is 4.14. The first-order chi connectivity index (χ1) is 11.9. The van der Waals surface area contributed by atoms with Crippen molar-refractivity contribution in [2.24, 2.45) is 17.3 Å². The molecule has 3 aliphatic rings. The van der Waals surface area contributed by atoms with Gasteiger partial charge in [-0.1, -0.05) is 32.8 Å². The summed E-state index contributed by atoms with van der Waals surface area (Å²) < 4.78 is 0. The monoisotopic (exact) mass is 344 g/mol. The van der Waals surface area contributed by atoms with Crippen LogP contribution in [0.2, 0.25) is 0 Å². The third-order valence-corrected chi connectivity index (χ3v) is 7.82. The van der Waals surface area contributed by atoms with Crippen LogP contribution in [0.4, 0.5) is 0 Å². The number of unbranched alkanes of at least 4 members (excludes halogenated alkanes) is 1. The van der Waals surface area contributed by atoms with Crippen LogP contribution >= 0.6 is 0 Å². The molecule has 0 heterocycles. The molecule has 1 aromatic rings. The average Bonchev–Trinajstić information content (AvgIpc) is 2.81. The van der Waals surface area contributed by atoms with Crippen LogP contribution < -0.4 is 0 Å². The smallest absolute Gasteiger partial charge is 0.115 e. The zero-order chi connectivity index (χ0) is 17.8. The molecule has 0 spiro atoms. The van der Waals surface area contributed by atoms with Gasteiger partial charge in [0.15, 0.2) is 0 Å². The van der Waals surface area contributed by atoms with Crippen molar-refractivity contribution in [3.8, 4) is 5.75 Å². The zero-order valence-electron chi connectivity index (χ0n) is 15.5. The summed E-state index contributed by atoms with van der Waals surface area (Å²) in [7, 11) is 0. The molecule has 6 atom stereocenters. The summed E-state index contributed by atoms with van der Waals surface area (Å²) in [6.45, 7) is 4.36. The van der Waals surface area contributed by atoms with E-state index in [0.29, 0.717) is 23.5 Å². The third-order valence-electron chi connectivity index (χ3n) is 7.82. The topological polar surface area (TPSA) is 60.7 Å². The summed E-state index contributed by atoms with van der Waals surface area (Å²) in [5, 5.41) is 32.1. The molecule has 1 aromatic carbocycles. The van der Waals surface area contributed by atoms with E-state index in [1.54, 1.807) is 0 Å². The summed E-state index contributed by atoms with van der Waals surface area (Å²) >= 11 is 0. The van der Waals surface area contributed by atoms with E-state index in [9.17, 15) is 15.3 Å². The average molecular weight is 344 g/mol. The lowest BCUT2D eigenvalue weighted by molar-refractivity contribution is -0.103. The molecule has 0 aromatic heterocycles. The largest absolute Gasteiger partial charge is 0.508 e. The Morgan fingerprint density at radius 3 is 2.80 bits per heavy atom. The zero-order valence-corrected chi connectivity index (χ0v) is 15.5. The maximum atomic E-state index is 11.2. The summed E-state index contributed by atoms with van der Waals surface area (Å²) in [6.07, 6.45) is 7.08. The fourth-order valence-corrected chi connectivity index (χ4v) is 6.47. The van der Waals surface area contributed by atoms with Crippen LogP contribution in [0, 0.1) is 17.3 Å². The van der Waals surface area contributed by atoms with Crippen molar-refractivity contribution in [1.82, 2.24) is 0 Å². The molecule has 25 heavy (non-hydrogen) atoms. The molecule has 3 aliphatic carbocycles. The SMILES string of the molecule is CCCCC1(O)C[C@H]2[C@@H]3CCc4cc(O)ccc4[C@H]3CC[C@]2(C)[C@@H]1O. The second-order valence-electron chi connectivity index (χ2n) is 9.16. The Hall–Kier alpha value is -1.06. The minimum atomic E-state index is -0.903. The van der Waals surface area contributed by atoms with Gasteiger partial charge in [0.05, 0.1) is 11.7 Å². The second-order valence-corrected chi connectivity index (χ2v) is 9.16. The first-order valence-electron chi connectivity index (χ1n) is 10.1. The van der Waals surface area contributed by atoms with E-state index in [0.717, 1.165) is 51.4 Å². The van der Waals surface area contributed by atoms with Crippen LogP contribution in [0.3, 0.4) is 0 Å². The summed E-state index contributed by atoms with van der Waals surface area (Å²) in [5.41, 5.74) is 1.64. The van der Waals surface area contributed by atoms with Gasteiger partial charge >= 0.3 is 0 Å². The van der Waals surface area contributed by atoms with Crippen LogP contribution in [-0.4, -0.2) is 27.0 Å². The minimum Gasteiger partial charge on any atom is -0.508 e. The number of phenols is 1. The maximum absolute atomic E-state index is 11.2. The first-order valence-corrected chi connectivity index (χ1v) is 10.1. The van der Waals surface area contributed by atoms with E-state index >= 15 is 0 Å². The number of aromatic hydroxyl groups is 1. The fraction of sp³-hybridized carbons (Fsp3) is 0.727. The van der Waals surface area contributed by atoms with Gasteiger partial charge in [0.25, 0.3) is 0 Å². The molecule has 4 rings (SSSR count). The summed E-state index contributed by atoms with van der Waals surface area (Å²) in [6, 6.07) is 5.86. The molecule has 3 N–H and O–H groups in total. The summed E-state index contributed by atoms with van der Waals surface area (Å²) in [4.78, 5) is 0. The van der Waals surface area contributed by atoms with E-state index in [1.807, 2.05) is 12.1 Å². The van der Waals surface area contributed by atoms with E-state index < -0.39 is 11.7 Å². The number of aliphatic hydroxyl groups excluding tert-OH is 1. The molecule has 0 aliphatic heterocycles. The normalized spacial score (nSPS) is 42.6. The highest BCUT2D eigenvalue weighted by Gasteiger charge is 2.62. The Morgan fingerprint density at radius 1 is 1.24 bits per heavy atom. The van der Waals surface area contributed by atoms with Gasteiger partial charge in [-0.3, -0.25) is 0 Å². The van der Waals surface area contributed by atoms with E-state index in [1.165, 1.54) is 11.1 Å². The second kappa shape index (κ2) is 5.99. The van der Waals surface area contributed by atoms with Crippen molar-refractivity contribution in [3.05, 3.63) is 29.3 Å². The molecule has 0 bridgehead atoms. The van der Waals surface area contributed by atoms with Crippen molar-refractivity contribution in [3.63, 3.8) is 0 Å². The van der Waals surface area contributed by atoms with Gasteiger partial charge < -0.3 is 15.3 Å². The molecular formula is C22H32O3. The first kappa shape index (κ1) is 17.4. The molecule has 0 amide bonds. The number of aliphatic hydroxyl groups is 2. The highest BCUT2D eigenvalue weighted by molar-refractivity contribution is 5.40. The molecule has 2 saturated carbocycles. The molecule has 2 fully saturated rings. The minimum absolute atomic E-state index is 0.155. The highest BCUT2D eigenvalue weighted by Crippen LogP contribution is 2.63. The fourth-order valence-electron chi connectivity index (χ4n) is 6.47. The summed E-state index contributed by atoms with van der Waals surface area (Å²) in [5.74, 6) is 1.82. The van der Waals surface area contributed by atoms with Gasteiger partial charge in [0, 0.05) is 0 Å². The number of phenolic OH excluding ortho intramolecular Hbond substituents is 1. The van der Waals surface area contributed by atoms with E-state index in [4.69, 9.17) is 0 Å². The van der Waals surface area contributed by atoms with Gasteiger partial charge in [-0.15, -0.1) is 0 Å². The van der Waals surface area contributed by atoms with Crippen molar-refractivity contribution in [2.45, 2.75) is 82.8 Å². The number of benzene rings is 1. The van der Waals surface area contributed by atoms with Crippen LogP contribution in [-0.2, 0) is 6.42 Å². The Balaban J connectivity index is 1.65. The predicted molar refractivity (Wildman–Crippen MR) is 98.6 cm³/mol. The molecular weight excluding hydrogens is 312 g/mol. The van der Waals surface area contributed by atoms with Crippen molar-refractivity contribution < 1.29 is 15.3 Å². The molecule has 0 radical (unpaired) electrons. The van der Waals surface area contributed by atoms with Crippen LogP contribution in [0.1, 0.15) is 75.8 Å². The molecule has 3 nitrogen and oxygen atoms in total. The quantitative estimate of drug-likeness (QED) is 0.772. The Bertz CT molecular complexity index is 657. The number of fused-ring (bicyclic) bond motifs is 5. The van der Waals surface area contributed by atoms with Gasteiger partial charge in [-0.05, 0) is 85.0 Å². The van der Waals surface area contributed by atoms with Crippen LogP contribution in [0.5, 0.6) is 5.75 Å². The number of hydrogen-bond acceptors (Lipinski definition) is 3. The third kappa shape index (κ3) is 2.54. The Kier molecular flexibility index (Phi) is 4.16. The van der Waals surface area contributed by atoms with Crippen molar-refractivity contribution in [1.29, 1.82) is 0 Å². The molecule has 3 heteroatoms. The Morgan fingerprint density at radius 2 is 2.04 bits per heavy atom. The molecule has 0 saturated heterocycles. The number of rotatable bonds is 3.